The van der Waals surface area contributed by atoms with Crippen LogP contribution in [0.4, 0.5) is 0 Å². The average molecular weight is 435 g/mol. The van der Waals surface area contributed by atoms with Crippen LogP contribution in [0, 0.1) is 5.41 Å². The molecular weight excluding hydrogens is 392 g/mol. The van der Waals surface area contributed by atoms with Gasteiger partial charge in [-0.2, -0.15) is 0 Å². The highest BCUT2D eigenvalue weighted by molar-refractivity contribution is 6.76. The molecule has 0 aliphatic heterocycles. The number of unbranched alkanes of at least 4 members (excludes halogenated alkanes) is 6. The van der Waals surface area contributed by atoms with Gasteiger partial charge in [-0.25, -0.2) is 4.79 Å². The van der Waals surface area contributed by atoms with E-state index in [0.29, 0.717) is 18.6 Å². The normalized spacial score (nSPS) is 19.8. The topological polar surface area (TPSA) is 63.6 Å². The van der Waals surface area contributed by atoms with E-state index in [4.69, 9.17) is 9.84 Å². The van der Waals surface area contributed by atoms with Crippen molar-refractivity contribution >= 4 is 19.8 Å². The molecule has 30 heavy (non-hydrogen) atoms. The van der Waals surface area contributed by atoms with Gasteiger partial charge in [-0.3, -0.25) is 4.79 Å². The van der Waals surface area contributed by atoms with Crippen LogP contribution in [0.2, 0.25) is 25.7 Å². The molecule has 4 nitrogen and oxygen atoms in total. The minimum atomic E-state index is -1.30. The molecule has 0 saturated heterocycles. The number of esters is 1. The van der Waals surface area contributed by atoms with Gasteiger partial charge in [0.25, 0.3) is 0 Å². The molecule has 0 heterocycles. The number of rotatable bonds is 15. The van der Waals surface area contributed by atoms with E-state index in [2.05, 4.69) is 26.6 Å². The second kappa shape index (κ2) is 13.8. The van der Waals surface area contributed by atoms with Gasteiger partial charge in [-0.05, 0) is 44.2 Å². The average Bonchev–Trinajstić information content (AvgIpc) is 3.04. The molecule has 0 aromatic heterocycles. The fourth-order valence-corrected chi connectivity index (χ4v) is 4.24. The van der Waals surface area contributed by atoms with Gasteiger partial charge in [0.1, 0.15) is 0 Å². The van der Waals surface area contributed by atoms with E-state index in [1.807, 2.05) is 24.3 Å². The van der Waals surface area contributed by atoms with E-state index in [1.165, 1.54) is 0 Å². The van der Waals surface area contributed by atoms with Gasteiger partial charge in [0.05, 0.1) is 17.6 Å². The maximum absolute atomic E-state index is 13.1. The van der Waals surface area contributed by atoms with Crippen LogP contribution in [0.3, 0.4) is 0 Å². The Morgan fingerprint density at radius 1 is 1.17 bits per heavy atom. The predicted octanol–water partition coefficient (Wildman–Crippen LogP) is 6.00. The second-order valence-corrected chi connectivity index (χ2v) is 15.1. The third-order valence-electron chi connectivity index (χ3n) is 5.52. The molecule has 0 spiro atoms. The monoisotopic (exact) mass is 434 g/mol. The van der Waals surface area contributed by atoms with Gasteiger partial charge in [-0.15, -0.1) is 0 Å². The standard InChI is InChI=1S/C25H42O4Si/c1-5-6-11-15-22(24(28)29-20-21-30(2,3)4)25(18-14-16-23(25)27)17-12-9-7-8-10-13-19-26/h12,14-17,26H,5-11,13,18-21H2,1-4H3/b17-12+,22-15?. The number of hydrogen-bond acceptors (Lipinski definition) is 4. The van der Waals surface area contributed by atoms with Gasteiger partial charge in [0, 0.05) is 14.7 Å². The third kappa shape index (κ3) is 9.13. The third-order valence-corrected chi connectivity index (χ3v) is 7.23. The zero-order valence-corrected chi connectivity index (χ0v) is 20.5. The molecule has 1 unspecified atom stereocenters. The van der Waals surface area contributed by atoms with E-state index in [1.54, 1.807) is 6.08 Å². The highest BCUT2D eigenvalue weighted by Crippen LogP contribution is 2.40. The van der Waals surface area contributed by atoms with Gasteiger partial charge in [0.2, 0.25) is 0 Å². The van der Waals surface area contributed by atoms with Crippen molar-refractivity contribution in [3.05, 3.63) is 36.0 Å². The van der Waals surface area contributed by atoms with Crippen LogP contribution < -0.4 is 0 Å². The highest BCUT2D eigenvalue weighted by atomic mass is 28.3. The van der Waals surface area contributed by atoms with Crippen molar-refractivity contribution in [2.45, 2.75) is 90.4 Å². The number of carbonyl (C=O) groups excluding carboxylic acids is 2. The molecule has 5 heteroatoms. The van der Waals surface area contributed by atoms with Crippen LogP contribution in [0.1, 0.15) is 64.7 Å². The van der Waals surface area contributed by atoms with Crippen molar-refractivity contribution < 1.29 is 19.4 Å². The molecule has 0 amide bonds. The van der Waals surface area contributed by atoms with Crippen molar-refractivity contribution in [2.24, 2.45) is 5.41 Å². The van der Waals surface area contributed by atoms with Crippen LogP contribution in [-0.2, 0) is 14.3 Å². The summed E-state index contributed by atoms with van der Waals surface area (Å²) in [7, 11) is -1.30. The quantitative estimate of drug-likeness (QED) is 0.113. The Labute approximate surface area is 184 Å². The number of allylic oxidation sites excluding steroid dienone is 5. The smallest absolute Gasteiger partial charge is 0.335 e. The fourth-order valence-electron chi connectivity index (χ4n) is 3.52. The Hall–Kier alpha value is -1.46. The largest absolute Gasteiger partial charge is 0.463 e. The van der Waals surface area contributed by atoms with Crippen LogP contribution in [0.5, 0.6) is 0 Å². The Morgan fingerprint density at radius 3 is 2.50 bits per heavy atom. The lowest BCUT2D eigenvalue weighted by Crippen LogP contribution is -2.32. The number of carbonyl (C=O) groups is 2. The molecule has 170 valence electrons. The number of aliphatic hydroxyl groups excluding tert-OH is 1. The molecule has 1 rings (SSSR count). The maximum atomic E-state index is 13.1. The Bertz CT molecular complexity index is 628. The Kier molecular flexibility index (Phi) is 12.2. The Balaban J connectivity index is 2.94. The minimum absolute atomic E-state index is 0.0241. The van der Waals surface area contributed by atoms with Crippen LogP contribution in [0.15, 0.2) is 36.0 Å². The Morgan fingerprint density at radius 2 is 1.90 bits per heavy atom. The fraction of sp³-hybridized carbons (Fsp3) is 0.680. The molecule has 1 N–H and O–H groups in total. The summed E-state index contributed by atoms with van der Waals surface area (Å²) in [6, 6.07) is 0.920. The van der Waals surface area contributed by atoms with Gasteiger partial charge >= 0.3 is 5.97 Å². The first-order valence-electron chi connectivity index (χ1n) is 11.6. The number of aliphatic hydroxyl groups is 1. The predicted molar refractivity (Wildman–Crippen MR) is 127 cm³/mol. The first-order chi connectivity index (χ1) is 14.3. The van der Waals surface area contributed by atoms with Crippen LogP contribution in [0.25, 0.3) is 0 Å². The molecule has 0 aromatic carbocycles. The van der Waals surface area contributed by atoms with Crippen molar-refractivity contribution in [2.75, 3.05) is 13.2 Å². The van der Waals surface area contributed by atoms with E-state index in [0.717, 1.165) is 57.4 Å². The van der Waals surface area contributed by atoms with Gasteiger partial charge in [0.15, 0.2) is 5.78 Å². The van der Waals surface area contributed by atoms with E-state index in [-0.39, 0.29) is 18.4 Å². The zero-order valence-electron chi connectivity index (χ0n) is 19.5. The summed E-state index contributed by atoms with van der Waals surface area (Å²) in [5.74, 6) is -0.363. The number of hydrogen-bond donors (Lipinski definition) is 1. The van der Waals surface area contributed by atoms with Gasteiger partial charge in [-0.1, -0.05) is 76.6 Å². The maximum Gasteiger partial charge on any atom is 0.335 e. The van der Waals surface area contributed by atoms with Crippen LogP contribution >= 0.6 is 0 Å². The van der Waals surface area contributed by atoms with Crippen molar-refractivity contribution in [1.29, 1.82) is 0 Å². The SMILES string of the molecule is CCCCC=C(C(=O)OCC[Si](C)(C)C)C1(/C=C/CCCCCCO)CC=CC1=O. The molecule has 1 atom stereocenters. The number of ketones is 1. The summed E-state index contributed by atoms with van der Waals surface area (Å²) in [6.07, 6.45) is 17.5. The van der Waals surface area contributed by atoms with Crippen molar-refractivity contribution in [3.63, 3.8) is 0 Å². The first-order valence-corrected chi connectivity index (χ1v) is 15.3. The van der Waals surface area contributed by atoms with Crippen molar-refractivity contribution in [1.82, 2.24) is 0 Å². The van der Waals surface area contributed by atoms with Gasteiger partial charge < -0.3 is 9.84 Å². The second-order valence-electron chi connectivity index (χ2n) is 9.48. The summed E-state index contributed by atoms with van der Waals surface area (Å²) in [4.78, 5) is 26.0. The van der Waals surface area contributed by atoms with E-state index in [9.17, 15) is 9.59 Å². The molecule has 0 saturated carbocycles. The molecule has 1 aliphatic rings. The lowest BCUT2D eigenvalue weighted by atomic mass is 9.75. The summed E-state index contributed by atoms with van der Waals surface area (Å²) in [6.45, 7) is 9.56. The molecule has 0 fully saturated rings. The summed E-state index contributed by atoms with van der Waals surface area (Å²) in [5.41, 5.74) is -0.396. The molecule has 0 aromatic rings. The van der Waals surface area contributed by atoms with E-state index >= 15 is 0 Å². The van der Waals surface area contributed by atoms with Crippen molar-refractivity contribution in [3.8, 4) is 0 Å². The first kappa shape index (κ1) is 26.6. The summed E-state index contributed by atoms with van der Waals surface area (Å²) in [5, 5.41) is 8.88. The summed E-state index contributed by atoms with van der Waals surface area (Å²) < 4.78 is 5.66. The summed E-state index contributed by atoms with van der Waals surface area (Å²) >= 11 is 0. The van der Waals surface area contributed by atoms with E-state index < -0.39 is 13.5 Å². The number of ether oxygens (including phenoxy) is 1. The van der Waals surface area contributed by atoms with Crippen LogP contribution in [-0.4, -0.2) is 38.1 Å². The molecule has 1 aliphatic carbocycles. The molecule has 0 radical (unpaired) electrons. The lowest BCUT2D eigenvalue weighted by Gasteiger charge is -2.27. The molecular formula is C25H42O4Si. The minimum Gasteiger partial charge on any atom is -0.463 e. The zero-order chi connectivity index (χ0) is 22.5. The highest BCUT2D eigenvalue weighted by Gasteiger charge is 2.43. The molecule has 0 bridgehead atoms. The lowest BCUT2D eigenvalue weighted by molar-refractivity contribution is -0.141.